The summed E-state index contributed by atoms with van der Waals surface area (Å²) in [4.78, 5) is 11.5. The predicted octanol–water partition coefficient (Wildman–Crippen LogP) is 2.85. The van der Waals surface area contributed by atoms with Crippen molar-refractivity contribution in [3.63, 3.8) is 0 Å². The zero-order valence-electron chi connectivity index (χ0n) is 11.4. The molecular formula is C15H23NO2. The van der Waals surface area contributed by atoms with Crippen molar-refractivity contribution in [1.29, 1.82) is 0 Å². The van der Waals surface area contributed by atoms with E-state index in [0.717, 1.165) is 18.4 Å². The van der Waals surface area contributed by atoms with E-state index >= 15 is 0 Å². The van der Waals surface area contributed by atoms with Crippen molar-refractivity contribution in [3.8, 4) is 0 Å². The second-order valence-corrected chi connectivity index (χ2v) is 4.96. The highest BCUT2D eigenvalue weighted by Gasteiger charge is 2.34. The van der Waals surface area contributed by atoms with Crippen molar-refractivity contribution in [3.05, 3.63) is 35.9 Å². The fraction of sp³-hybridized carbons (Fsp3) is 0.533. The van der Waals surface area contributed by atoms with Gasteiger partial charge in [0.05, 0.1) is 0 Å². The Hall–Kier alpha value is -1.35. The zero-order valence-corrected chi connectivity index (χ0v) is 11.4. The van der Waals surface area contributed by atoms with Gasteiger partial charge >= 0.3 is 5.97 Å². The molecule has 0 saturated heterocycles. The predicted molar refractivity (Wildman–Crippen MR) is 73.7 cm³/mol. The second kappa shape index (κ2) is 6.55. The van der Waals surface area contributed by atoms with Crippen LogP contribution in [0.25, 0.3) is 0 Å². The lowest BCUT2D eigenvalue weighted by Gasteiger charge is -2.31. The SMILES string of the molecule is CCC(CC)NC(C)(Cc1ccccc1)C(=O)O. The summed E-state index contributed by atoms with van der Waals surface area (Å²) in [7, 11) is 0. The smallest absolute Gasteiger partial charge is 0.323 e. The number of rotatable bonds is 7. The Balaban J connectivity index is 2.84. The van der Waals surface area contributed by atoms with Gasteiger partial charge in [0, 0.05) is 12.5 Å². The minimum absolute atomic E-state index is 0.245. The number of hydrogen-bond acceptors (Lipinski definition) is 2. The van der Waals surface area contributed by atoms with Gasteiger partial charge in [-0.05, 0) is 25.3 Å². The summed E-state index contributed by atoms with van der Waals surface area (Å²) in [6.45, 7) is 5.92. The fourth-order valence-electron chi connectivity index (χ4n) is 2.14. The molecule has 18 heavy (non-hydrogen) atoms. The van der Waals surface area contributed by atoms with Gasteiger partial charge in [-0.25, -0.2) is 0 Å². The van der Waals surface area contributed by atoms with Crippen molar-refractivity contribution in [1.82, 2.24) is 5.32 Å². The third kappa shape index (κ3) is 3.84. The van der Waals surface area contributed by atoms with Gasteiger partial charge in [-0.1, -0.05) is 44.2 Å². The maximum atomic E-state index is 11.5. The molecule has 0 amide bonds. The van der Waals surface area contributed by atoms with E-state index in [9.17, 15) is 9.90 Å². The molecule has 0 bridgehead atoms. The van der Waals surface area contributed by atoms with Crippen LogP contribution < -0.4 is 5.32 Å². The molecule has 0 aliphatic rings. The number of nitrogens with one attached hydrogen (secondary N) is 1. The number of benzene rings is 1. The number of hydrogen-bond donors (Lipinski definition) is 2. The average Bonchev–Trinajstić information content (AvgIpc) is 2.37. The molecule has 100 valence electrons. The number of carboxylic acid groups (broad SMARTS) is 1. The molecule has 3 heteroatoms. The van der Waals surface area contributed by atoms with Gasteiger partial charge in [0.15, 0.2) is 0 Å². The van der Waals surface area contributed by atoms with Crippen LogP contribution in [0.15, 0.2) is 30.3 Å². The van der Waals surface area contributed by atoms with Gasteiger partial charge in [-0.2, -0.15) is 0 Å². The molecular weight excluding hydrogens is 226 g/mol. The topological polar surface area (TPSA) is 49.3 Å². The lowest BCUT2D eigenvalue weighted by Crippen LogP contribution is -2.55. The number of carboxylic acids is 1. The van der Waals surface area contributed by atoms with Crippen molar-refractivity contribution in [2.75, 3.05) is 0 Å². The summed E-state index contributed by atoms with van der Waals surface area (Å²) >= 11 is 0. The molecule has 0 fully saturated rings. The molecule has 0 aliphatic carbocycles. The van der Waals surface area contributed by atoms with E-state index in [-0.39, 0.29) is 6.04 Å². The van der Waals surface area contributed by atoms with Crippen LogP contribution in [0.1, 0.15) is 39.2 Å². The maximum Gasteiger partial charge on any atom is 0.323 e. The van der Waals surface area contributed by atoms with Crippen molar-refractivity contribution in [2.24, 2.45) is 0 Å². The highest BCUT2D eigenvalue weighted by atomic mass is 16.4. The van der Waals surface area contributed by atoms with Crippen LogP contribution in [-0.4, -0.2) is 22.7 Å². The second-order valence-electron chi connectivity index (χ2n) is 4.96. The Kier molecular flexibility index (Phi) is 5.35. The average molecular weight is 249 g/mol. The summed E-state index contributed by atoms with van der Waals surface area (Å²) in [6, 6.07) is 10.0. The Labute approximate surface area is 109 Å². The monoisotopic (exact) mass is 249 g/mol. The van der Waals surface area contributed by atoms with Gasteiger partial charge in [0.25, 0.3) is 0 Å². The van der Waals surface area contributed by atoms with Crippen molar-refractivity contribution >= 4 is 5.97 Å². The lowest BCUT2D eigenvalue weighted by molar-refractivity contribution is -0.144. The molecule has 2 N–H and O–H groups in total. The van der Waals surface area contributed by atoms with Crippen LogP contribution in [0.2, 0.25) is 0 Å². The van der Waals surface area contributed by atoms with E-state index in [2.05, 4.69) is 19.2 Å². The van der Waals surface area contributed by atoms with E-state index < -0.39 is 11.5 Å². The molecule has 1 atom stereocenters. The summed E-state index contributed by atoms with van der Waals surface area (Å²) < 4.78 is 0. The molecule has 0 aromatic heterocycles. The Bertz CT molecular complexity index is 373. The first-order valence-electron chi connectivity index (χ1n) is 6.56. The maximum absolute atomic E-state index is 11.5. The first-order chi connectivity index (χ1) is 8.51. The third-order valence-electron chi connectivity index (χ3n) is 3.38. The highest BCUT2D eigenvalue weighted by molar-refractivity contribution is 5.78. The summed E-state index contributed by atoms with van der Waals surface area (Å²) in [5, 5.41) is 12.7. The van der Waals surface area contributed by atoms with Gasteiger partial charge in [-0.15, -0.1) is 0 Å². The Morgan fingerprint density at radius 1 is 1.28 bits per heavy atom. The quantitative estimate of drug-likeness (QED) is 0.781. The standard InChI is InChI=1S/C15H23NO2/c1-4-13(5-2)16-15(3,14(17)18)11-12-9-7-6-8-10-12/h6-10,13,16H,4-5,11H2,1-3H3,(H,17,18). The highest BCUT2D eigenvalue weighted by Crippen LogP contribution is 2.16. The van der Waals surface area contributed by atoms with Gasteiger partial charge in [0.2, 0.25) is 0 Å². The molecule has 0 saturated carbocycles. The van der Waals surface area contributed by atoms with E-state index in [1.807, 2.05) is 30.3 Å². The van der Waals surface area contributed by atoms with Crippen LogP contribution in [-0.2, 0) is 11.2 Å². The minimum atomic E-state index is -0.905. The van der Waals surface area contributed by atoms with Gasteiger partial charge in [0.1, 0.15) is 5.54 Å². The largest absolute Gasteiger partial charge is 0.480 e. The lowest BCUT2D eigenvalue weighted by atomic mass is 9.91. The Morgan fingerprint density at radius 3 is 2.28 bits per heavy atom. The van der Waals surface area contributed by atoms with Crippen LogP contribution in [0.5, 0.6) is 0 Å². The third-order valence-corrected chi connectivity index (χ3v) is 3.38. The van der Waals surface area contributed by atoms with Crippen LogP contribution >= 0.6 is 0 Å². The molecule has 1 unspecified atom stereocenters. The van der Waals surface area contributed by atoms with Gasteiger partial charge in [-0.3, -0.25) is 10.1 Å². The summed E-state index contributed by atoms with van der Waals surface area (Å²) in [5.74, 6) is -0.793. The number of aliphatic carboxylic acids is 1. The number of carbonyl (C=O) groups is 1. The zero-order chi connectivity index (χ0) is 13.6. The molecule has 0 aliphatic heterocycles. The Morgan fingerprint density at radius 2 is 1.83 bits per heavy atom. The fourth-order valence-corrected chi connectivity index (χ4v) is 2.14. The van der Waals surface area contributed by atoms with Crippen LogP contribution in [0.3, 0.4) is 0 Å². The minimum Gasteiger partial charge on any atom is -0.480 e. The van der Waals surface area contributed by atoms with E-state index in [1.54, 1.807) is 6.92 Å². The van der Waals surface area contributed by atoms with E-state index in [0.29, 0.717) is 6.42 Å². The first-order valence-corrected chi connectivity index (χ1v) is 6.56. The van der Waals surface area contributed by atoms with Crippen LogP contribution in [0.4, 0.5) is 0 Å². The molecule has 0 spiro atoms. The van der Waals surface area contributed by atoms with Crippen molar-refractivity contribution in [2.45, 2.75) is 51.6 Å². The molecule has 1 rings (SSSR count). The molecule has 3 nitrogen and oxygen atoms in total. The molecule has 1 aromatic rings. The summed E-state index contributed by atoms with van der Waals surface area (Å²) in [6.07, 6.45) is 2.38. The molecule has 1 aromatic carbocycles. The molecule has 0 radical (unpaired) electrons. The van der Waals surface area contributed by atoms with Gasteiger partial charge < -0.3 is 5.11 Å². The normalized spacial score (nSPS) is 14.4. The van der Waals surface area contributed by atoms with Crippen LogP contribution in [0, 0.1) is 0 Å². The van der Waals surface area contributed by atoms with E-state index in [1.165, 1.54) is 0 Å². The van der Waals surface area contributed by atoms with Crippen molar-refractivity contribution < 1.29 is 9.90 Å². The van der Waals surface area contributed by atoms with E-state index in [4.69, 9.17) is 0 Å². The molecule has 0 heterocycles. The summed E-state index contributed by atoms with van der Waals surface area (Å²) in [5.41, 5.74) is 0.138. The first kappa shape index (κ1) is 14.7.